The van der Waals surface area contributed by atoms with Crippen molar-refractivity contribution in [3.8, 4) is 0 Å². The van der Waals surface area contributed by atoms with E-state index in [9.17, 15) is 4.79 Å². The molecule has 4 rings (SSSR count). The summed E-state index contributed by atoms with van der Waals surface area (Å²) < 4.78 is 0. The van der Waals surface area contributed by atoms with Gasteiger partial charge in [0.2, 0.25) is 5.91 Å². The summed E-state index contributed by atoms with van der Waals surface area (Å²) in [5.74, 6) is 3.22. The highest BCUT2D eigenvalue weighted by Crippen LogP contribution is 2.62. The van der Waals surface area contributed by atoms with E-state index in [1.54, 1.807) is 0 Å². The third kappa shape index (κ3) is 2.09. The Morgan fingerprint density at radius 2 is 2.10 bits per heavy atom. The Bertz CT molecular complexity index is 488. The van der Waals surface area contributed by atoms with Gasteiger partial charge in [0.15, 0.2) is 0 Å². The molecule has 0 bridgehead atoms. The van der Waals surface area contributed by atoms with Crippen LogP contribution in [0.4, 0.5) is 0 Å². The Morgan fingerprint density at radius 1 is 1.24 bits per heavy atom. The zero-order valence-corrected chi connectivity index (χ0v) is 13.7. The number of fused-ring (bicyclic) bond motifs is 5. The van der Waals surface area contributed by atoms with Crippen LogP contribution in [0.1, 0.15) is 58.3 Å². The van der Waals surface area contributed by atoms with Crippen molar-refractivity contribution in [2.75, 3.05) is 0 Å². The van der Waals surface area contributed by atoms with E-state index < -0.39 is 0 Å². The Hall–Kier alpha value is -0.500. The van der Waals surface area contributed by atoms with E-state index in [2.05, 4.69) is 12.2 Å². The maximum absolute atomic E-state index is 11.7. The first-order valence-electron chi connectivity index (χ1n) is 8.71. The van der Waals surface area contributed by atoms with E-state index >= 15 is 0 Å². The lowest BCUT2D eigenvalue weighted by Crippen LogP contribution is -2.55. The van der Waals surface area contributed by atoms with Crippen LogP contribution >= 0.6 is 11.6 Å². The molecule has 0 radical (unpaired) electrons. The average Bonchev–Trinajstić information content (AvgIpc) is 2.87. The van der Waals surface area contributed by atoms with Crippen molar-refractivity contribution >= 4 is 17.5 Å². The summed E-state index contributed by atoms with van der Waals surface area (Å²) in [7, 11) is 0. The van der Waals surface area contributed by atoms with E-state index in [1.807, 2.05) is 5.54 Å². The molecule has 3 saturated carbocycles. The Kier molecular flexibility index (Phi) is 3.37. The molecule has 1 N–H and O–H groups in total. The van der Waals surface area contributed by atoms with Gasteiger partial charge in [-0.15, -0.1) is 0 Å². The molecule has 1 aliphatic heterocycles. The molecule has 4 aliphatic rings. The molecule has 0 aromatic carbocycles. The SMILES string of the molecule is C[C@@]12CCC[C@H]1[C@@H]1/C(=C\Cl)C[C@H]3NC(=O)CC[C@@H]3[C@H]1CC2. The van der Waals surface area contributed by atoms with Gasteiger partial charge in [-0.25, -0.2) is 0 Å². The number of carbonyl (C=O) groups excluding carboxylic acids is 1. The molecule has 6 atom stereocenters. The van der Waals surface area contributed by atoms with Gasteiger partial charge in [-0.3, -0.25) is 4.79 Å². The van der Waals surface area contributed by atoms with Gasteiger partial charge in [0, 0.05) is 18.0 Å². The molecular formula is C18H26ClNO. The third-order valence-electron chi connectivity index (χ3n) is 7.24. The molecule has 4 fully saturated rings. The molecule has 3 aliphatic carbocycles. The maximum atomic E-state index is 11.7. The van der Waals surface area contributed by atoms with E-state index in [0.717, 1.165) is 31.1 Å². The highest BCUT2D eigenvalue weighted by molar-refractivity contribution is 6.25. The van der Waals surface area contributed by atoms with Crippen LogP contribution in [0.15, 0.2) is 11.1 Å². The van der Waals surface area contributed by atoms with E-state index in [4.69, 9.17) is 11.6 Å². The zero-order valence-electron chi connectivity index (χ0n) is 12.9. The summed E-state index contributed by atoms with van der Waals surface area (Å²) in [4.78, 5) is 11.7. The number of carbonyl (C=O) groups is 1. The van der Waals surface area contributed by atoms with Gasteiger partial charge >= 0.3 is 0 Å². The predicted octanol–water partition coefficient (Wildman–Crippen LogP) is 4.24. The molecule has 1 amide bonds. The van der Waals surface area contributed by atoms with E-state index in [0.29, 0.717) is 23.3 Å². The summed E-state index contributed by atoms with van der Waals surface area (Å²) in [6, 6.07) is 0.350. The van der Waals surface area contributed by atoms with Gasteiger partial charge in [0.1, 0.15) is 0 Å². The minimum absolute atomic E-state index is 0.241. The molecule has 0 unspecified atom stereocenters. The lowest BCUT2D eigenvalue weighted by Gasteiger charge is -2.55. The van der Waals surface area contributed by atoms with Crippen LogP contribution in [0, 0.1) is 29.1 Å². The number of amides is 1. The highest BCUT2D eigenvalue weighted by atomic mass is 35.5. The van der Waals surface area contributed by atoms with Gasteiger partial charge in [0.25, 0.3) is 0 Å². The smallest absolute Gasteiger partial charge is 0.220 e. The second kappa shape index (κ2) is 5.01. The number of hydrogen-bond donors (Lipinski definition) is 1. The lowest BCUT2D eigenvalue weighted by molar-refractivity contribution is -0.126. The summed E-state index contributed by atoms with van der Waals surface area (Å²) >= 11 is 6.23. The van der Waals surface area contributed by atoms with Crippen molar-refractivity contribution < 1.29 is 4.79 Å². The fourth-order valence-electron chi connectivity index (χ4n) is 6.28. The van der Waals surface area contributed by atoms with Gasteiger partial charge in [-0.05, 0) is 67.6 Å². The molecule has 0 spiro atoms. The number of hydrogen-bond acceptors (Lipinski definition) is 1. The number of rotatable bonds is 0. The standard InChI is InChI=1S/C18H26ClNO/c1-18-7-2-3-14(18)17-11(10-19)9-15-12(13(17)6-8-18)4-5-16(21)20-15/h10,12-15,17H,2-9H2,1H3,(H,20,21)/b11-10-/t12-,13-,14+,15-,17-,18+/m1/s1. The molecule has 2 nitrogen and oxygen atoms in total. The van der Waals surface area contributed by atoms with Crippen molar-refractivity contribution in [2.45, 2.75) is 64.3 Å². The predicted molar refractivity (Wildman–Crippen MR) is 84.9 cm³/mol. The first-order chi connectivity index (χ1) is 10.1. The third-order valence-corrected chi connectivity index (χ3v) is 7.52. The van der Waals surface area contributed by atoms with Crippen LogP contribution in [0.5, 0.6) is 0 Å². The van der Waals surface area contributed by atoms with Crippen LogP contribution in [-0.2, 0) is 4.79 Å². The minimum atomic E-state index is 0.241. The van der Waals surface area contributed by atoms with Gasteiger partial charge in [-0.2, -0.15) is 0 Å². The van der Waals surface area contributed by atoms with Crippen LogP contribution in [0.2, 0.25) is 0 Å². The minimum Gasteiger partial charge on any atom is -0.353 e. The summed E-state index contributed by atoms with van der Waals surface area (Å²) in [5.41, 5.74) is 3.85. The Morgan fingerprint density at radius 3 is 2.90 bits per heavy atom. The molecule has 3 heteroatoms. The van der Waals surface area contributed by atoms with Gasteiger partial charge < -0.3 is 5.32 Å². The first kappa shape index (κ1) is 14.1. The van der Waals surface area contributed by atoms with E-state index in [-0.39, 0.29) is 5.91 Å². The fourth-order valence-corrected chi connectivity index (χ4v) is 6.51. The maximum Gasteiger partial charge on any atom is 0.220 e. The molecule has 116 valence electrons. The van der Waals surface area contributed by atoms with Crippen LogP contribution in [0.3, 0.4) is 0 Å². The molecule has 21 heavy (non-hydrogen) atoms. The average molecular weight is 308 g/mol. The Balaban J connectivity index is 1.68. The van der Waals surface area contributed by atoms with Gasteiger partial charge in [0.05, 0.1) is 0 Å². The topological polar surface area (TPSA) is 29.1 Å². The van der Waals surface area contributed by atoms with Crippen LogP contribution < -0.4 is 5.32 Å². The van der Waals surface area contributed by atoms with Crippen molar-refractivity contribution in [1.82, 2.24) is 5.32 Å². The summed E-state index contributed by atoms with van der Waals surface area (Å²) in [5, 5.41) is 3.25. The summed E-state index contributed by atoms with van der Waals surface area (Å²) in [6.45, 7) is 2.52. The second-order valence-corrected chi connectivity index (χ2v) is 8.36. The number of halogens is 1. The molecule has 0 aromatic rings. The monoisotopic (exact) mass is 307 g/mol. The van der Waals surface area contributed by atoms with Gasteiger partial charge in [-0.1, -0.05) is 30.5 Å². The van der Waals surface area contributed by atoms with Crippen molar-refractivity contribution in [3.63, 3.8) is 0 Å². The van der Waals surface area contributed by atoms with Crippen LogP contribution in [0.25, 0.3) is 0 Å². The number of piperidine rings is 1. The quantitative estimate of drug-likeness (QED) is 0.712. The van der Waals surface area contributed by atoms with Crippen LogP contribution in [-0.4, -0.2) is 11.9 Å². The largest absolute Gasteiger partial charge is 0.353 e. The van der Waals surface area contributed by atoms with Crippen molar-refractivity contribution in [2.24, 2.45) is 29.1 Å². The van der Waals surface area contributed by atoms with E-state index in [1.165, 1.54) is 37.7 Å². The second-order valence-electron chi connectivity index (χ2n) is 8.15. The lowest BCUT2D eigenvalue weighted by atomic mass is 9.51. The summed E-state index contributed by atoms with van der Waals surface area (Å²) in [6.07, 6.45) is 9.72. The van der Waals surface area contributed by atoms with Crippen molar-refractivity contribution in [3.05, 3.63) is 11.1 Å². The molecule has 0 aromatic heterocycles. The Labute approximate surface area is 132 Å². The molecular weight excluding hydrogens is 282 g/mol. The highest BCUT2D eigenvalue weighted by Gasteiger charge is 2.55. The first-order valence-corrected chi connectivity index (χ1v) is 9.14. The molecule has 1 saturated heterocycles. The molecule has 1 heterocycles. The van der Waals surface area contributed by atoms with Crippen molar-refractivity contribution in [1.29, 1.82) is 0 Å². The fraction of sp³-hybridized carbons (Fsp3) is 0.833. The zero-order chi connectivity index (χ0) is 14.6. The normalized spacial score (nSPS) is 51.0. The number of nitrogens with one attached hydrogen (secondary N) is 1.